The molecule has 1 fully saturated rings. The Balaban J connectivity index is 2.27. The summed E-state index contributed by atoms with van der Waals surface area (Å²) in [7, 11) is 0. The van der Waals surface area contributed by atoms with Crippen LogP contribution < -0.4 is 5.32 Å². The van der Waals surface area contributed by atoms with E-state index in [9.17, 15) is 10.1 Å². The highest BCUT2D eigenvalue weighted by Gasteiger charge is 2.24. The van der Waals surface area contributed by atoms with Crippen molar-refractivity contribution < 1.29 is 4.92 Å². The summed E-state index contributed by atoms with van der Waals surface area (Å²) in [5, 5.41) is 24.0. The van der Waals surface area contributed by atoms with Crippen LogP contribution in [-0.4, -0.2) is 20.9 Å². The van der Waals surface area contributed by atoms with Gasteiger partial charge in [-0.2, -0.15) is 10.2 Å². The molecule has 0 spiro atoms. The summed E-state index contributed by atoms with van der Waals surface area (Å²) in [6.07, 6.45) is 3.24. The number of nitrogens with one attached hydrogen (secondary N) is 1. The van der Waals surface area contributed by atoms with Crippen LogP contribution >= 0.6 is 11.8 Å². The standard InChI is InChI=1S/C8H7N5O2S/c9-4-16-7-6(13(14)15)3-10-8(12-7)11-5-1-2-5/h3,5H,1-2H2,(H,10,11,12). The molecular formula is C8H7N5O2S. The number of thiocyanates is 1. The minimum Gasteiger partial charge on any atom is -0.351 e. The van der Waals surface area contributed by atoms with Crippen molar-refractivity contribution in [3.05, 3.63) is 16.3 Å². The van der Waals surface area contributed by atoms with Gasteiger partial charge in [0.05, 0.1) is 4.92 Å². The van der Waals surface area contributed by atoms with Gasteiger partial charge in [0, 0.05) is 17.8 Å². The number of nitriles is 1. The number of nitrogens with zero attached hydrogens (tertiary/aromatic N) is 4. The van der Waals surface area contributed by atoms with E-state index in [0.717, 1.165) is 19.0 Å². The third kappa shape index (κ3) is 2.38. The Kier molecular flexibility index (Phi) is 2.87. The largest absolute Gasteiger partial charge is 0.351 e. The highest BCUT2D eigenvalue weighted by molar-refractivity contribution is 8.03. The average molecular weight is 237 g/mol. The maximum atomic E-state index is 10.6. The van der Waals surface area contributed by atoms with E-state index in [1.165, 1.54) is 0 Å². The number of nitro groups is 1. The molecule has 1 aliphatic rings. The van der Waals surface area contributed by atoms with E-state index >= 15 is 0 Å². The van der Waals surface area contributed by atoms with E-state index in [1.54, 1.807) is 5.40 Å². The van der Waals surface area contributed by atoms with Gasteiger partial charge in [-0.05, 0) is 12.8 Å². The third-order valence-corrected chi connectivity index (χ3v) is 2.57. The van der Waals surface area contributed by atoms with Crippen molar-refractivity contribution in [1.29, 1.82) is 5.26 Å². The first kappa shape index (κ1) is 10.6. The Bertz CT molecular complexity index is 468. The van der Waals surface area contributed by atoms with E-state index in [4.69, 9.17) is 5.26 Å². The molecule has 1 aliphatic carbocycles. The van der Waals surface area contributed by atoms with Gasteiger partial charge >= 0.3 is 5.69 Å². The number of hydrogen-bond donors (Lipinski definition) is 1. The lowest BCUT2D eigenvalue weighted by Crippen LogP contribution is -2.06. The molecule has 1 aromatic rings. The molecule has 16 heavy (non-hydrogen) atoms. The molecule has 0 atom stereocenters. The van der Waals surface area contributed by atoms with Crippen LogP contribution in [0.25, 0.3) is 0 Å². The Morgan fingerprint density at radius 3 is 3.00 bits per heavy atom. The molecule has 1 N–H and O–H groups in total. The van der Waals surface area contributed by atoms with E-state index < -0.39 is 4.92 Å². The Labute approximate surface area is 95.0 Å². The number of hydrogen-bond acceptors (Lipinski definition) is 7. The van der Waals surface area contributed by atoms with Crippen LogP contribution in [0.3, 0.4) is 0 Å². The lowest BCUT2D eigenvalue weighted by Gasteiger charge is -2.02. The van der Waals surface area contributed by atoms with E-state index in [1.807, 2.05) is 0 Å². The second kappa shape index (κ2) is 4.32. The molecule has 7 nitrogen and oxygen atoms in total. The molecule has 1 aromatic heterocycles. The zero-order valence-corrected chi connectivity index (χ0v) is 8.90. The molecule has 2 rings (SSSR count). The molecule has 0 aromatic carbocycles. The molecule has 0 unspecified atom stereocenters. The summed E-state index contributed by atoms with van der Waals surface area (Å²) < 4.78 is 0. The third-order valence-electron chi connectivity index (χ3n) is 1.99. The Morgan fingerprint density at radius 1 is 1.69 bits per heavy atom. The fraction of sp³-hybridized carbons (Fsp3) is 0.375. The smallest absolute Gasteiger partial charge is 0.320 e. The second-order valence-corrected chi connectivity index (χ2v) is 4.03. The minimum absolute atomic E-state index is 0.0747. The van der Waals surface area contributed by atoms with Gasteiger partial charge in [0.15, 0.2) is 5.03 Å². The molecule has 0 radical (unpaired) electrons. The lowest BCUT2D eigenvalue weighted by molar-refractivity contribution is -0.388. The van der Waals surface area contributed by atoms with Gasteiger partial charge in [-0.1, -0.05) is 0 Å². The van der Waals surface area contributed by atoms with Gasteiger partial charge in [0.2, 0.25) is 5.95 Å². The number of rotatable bonds is 4. The monoisotopic (exact) mass is 237 g/mol. The predicted octanol–water partition coefficient (Wildman–Crippen LogP) is 1.53. The van der Waals surface area contributed by atoms with Crippen LogP contribution in [0.5, 0.6) is 0 Å². The second-order valence-electron chi connectivity index (χ2n) is 3.25. The zero-order valence-electron chi connectivity index (χ0n) is 8.08. The summed E-state index contributed by atoms with van der Waals surface area (Å²) in [6.45, 7) is 0. The van der Waals surface area contributed by atoms with Gasteiger partial charge in [-0.3, -0.25) is 10.1 Å². The van der Waals surface area contributed by atoms with Crippen molar-refractivity contribution >= 4 is 23.4 Å². The number of anilines is 1. The molecule has 0 bridgehead atoms. The van der Waals surface area contributed by atoms with Gasteiger partial charge in [0.25, 0.3) is 0 Å². The van der Waals surface area contributed by atoms with Gasteiger partial charge in [-0.25, -0.2) is 4.98 Å². The average Bonchev–Trinajstić information content (AvgIpc) is 3.02. The van der Waals surface area contributed by atoms with Crippen molar-refractivity contribution in [2.75, 3.05) is 5.32 Å². The summed E-state index contributed by atoms with van der Waals surface area (Å²) in [4.78, 5) is 17.8. The number of aromatic nitrogens is 2. The first-order chi connectivity index (χ1) is 7.70. The number of thioether (sulfide) groups is 1. The van der Waals surface area contributed by atoms with Crippen molar-refractivity contribution in [1.82, 2.24) is 9.97 Å². The first-order valence-corrected chi connectivity index (χ1v) is 5.36. The Morgan fingerprint density at radius 2 is 2.44 bits per heavy atom. The topological polar surface area (TPSA) is 105 Å². The molecule has 0 amide bonds. The predicted molar refractivity (Wildman–Crippen MR) is 56.8 cm³/mol. The molecular weight excluding hydrogens is 230 g/mol. The summed E-state index contributed by atoms with van der Waals surface area (Å²) in [5.41, 5.74) is -0.243. The van der Waals surface area contributed by atoms with Gasteiger partial charge in [-0.15, -0.1) is 0 Å². The van der Waals surface area contributed by atoms with Crippen LogP contribution in [0.15, 0.2) is 11.2 Å². The van der Waals surface area contributed by atoms with Gasteiger partial charge in [0.1, 0.15) is 11.6 Å². The van der Waals surface area contributed by atoms with Crippen LogP contribution in [0.2, 0.25) is 0 Å². The maximum Gasteiger partial charge on any atom is 0.320 e. The van der Waals surface area contributed by atoms with E-state index in [-0.39, 0.29) is 10.7 Å². The van der Waals surface area contributed by atoms with Crippen LogP contribution in [0, 0.1) is 20.8 Å². The van der Waals surface area contributed by atoms with Gasteiger partial charge < -0.3 is 5.32 Å². The van der Waals surface area contributed by atoms with E-state index in [2.05, 4.69) is 15.3 Å². The molecule has 0 aliphatic heterocycles. The molecule has 82 valence electrons. The fourth-order valence-corrected chi connectivity index (χ4v) is 1.53. The van der Waals surface area contributed by atoms with Crippen molar-refractivity contribution in [2.24, 2.45) is 0 Å². The summed E-state index contributed by atoms with van der Waals surface area (Å²) >= 11 is 0.665. The van der Waals surface area contributed by atoms with Crippen LogP contribution in [0.1, 0.15) is 12.8 Å². The van der Waals surface area contributed by atoms with Crippen LogP contribution in [0.4, 0.5) is 11.6 Å². The highest BCUT2D eigenvalue weighted by atomic mass is 32.2. The minimum atomic E-state index is -0.597. The van der Waals surface area contributed by atoms with Crippen molar-refractivity contribution in [2.45, 2.75) is 23.9 Å². The normalized spacial score (nSPS) is 14.2. The highest BCUT2D eigenvalue weighted by Crippen LogP contribution is 2.28. The molecule has 8 heteroatoms. The lowest BCUT2D eigenvalue weighted by atomic mass is 10.5. The zero-order chi connectivity index (χ0) is 11.5. The maximum absolute atomic E-state index is 10.6. The van der Waals surface area contributed by atoms with Crippen molar-refractivity contribution in [3.63, 3.8) is 0 Å². The Hall–Kier alpha value is -1.88. The van der Waals surface area contributed by atoms with Crippen LogP contribution in [-0.2, 0) is 0 Å². The quantitative estimate of drug-likeness (QED) is 0.278. The fourth-order valence-electron chi connectivity index (χ4n) is 1.08. The van der Waals surface area contributed by atoms with Crippen molar-refractivity contribution in [3.8, 4) is 5.40 Å². The molecule has 0 saturated heterocycles. The summed E-state index contributed by atoms with van der Waals surface area (Å²) in [5.74, 6) is 0.339. The molecule has 1 saturated carbocycles. The molecule has 1 heterocycles. The SMILES string of the molecule is N#CSc1nc(NC2CC2)ncc1[N+](=O)[O-]. The van der Waals surface area contributed by atoms with E-state index in [0.29, 0.717) is 23.8 Å². The first-order valence-electron chi connectivity index (χ1n) is 4.54. The summed E-state index contributed by atoms with van der Waals surface area (Å²) in [6, 6.07) is 0.362.